The van der Waals surface area contributed by atoms with E-state index in [2.05, 4.69) is 157 Å². The monoisotopic (exact) mass is 932 g/mol. The van der Waals surface area contributed by atoms with Crippen LogP contribution in [0.15, 0.2) is 71.8 Å². The molecule has 16 heteroatoms. The molecule has 11 atom stereocenters. The molecule has 0 saturated carbocycles. The number of allylic oxidation sites excluding steroid dienone is 2. The molecule has 0 amide bonds. The number of rotatable bonds is 17. The number of hydrogen-bond acceptors (Lipinski definition) is 6. The van der Waals surface area contributed by atoms with Crippen molar-refractivity contribution >= 4 is 95.2 Å². The summed E-state index contributed by atoms with van der Waals surface area (Å²) in [5.41, 5.74) is 4.78. The number of ether oxygens (including phenoxy) is 2. The second kappa shape index (κ2) is 32.0. The molecule has 0 radical (unpaired) electrons. The summed E-state index contributed by atoms with van der Waals surface area (Å²) in [7, 11) is 18.8. The fraction of sp³-hybridized carbons (Fsp3) is 0.579. The van der Waals surface area contributed by atoms with E-state index >= 15 is 0 Å². The van der Waals surface area contributed by atoms with Crippen molar-refractivity contribution in [1.82, 2.24) is 0 Å². The normalized spacial score (nSPS) is 14.5. The molecule has 7 unspecified atom stereocenters. The van der Waals surface area contributed by atoms with Crippen LogP contribution in [0.3, 0.4) is 0 Å². The number of aliphatic hydroxyl groups excluding tert-OH is 1. The van der Waals surface area contributed by atoms with Crippen molar-refractivity contribution in [2.24, 2.45) is 11.8 Å². The number of hydrogen-bond donors (Lipinski definition) is 3. The van der Waals surface area contributed by atoms with Crippen LogP contribution >= 0.6 is 75.5 Å². The third-order valence-corrected chi connectivity index (χ3v) is 25.4. The largest absolute Gasteiger partial charge is 0.497 e. The molecule has 0 fully saturated rings. The van der Waals surface area contributed by atoms with Gasteiger partial charge in [0.1, 0.15) is 11.5 Å². The molecule has 2 aromatic carbocycles. The van der Waals surface area contributed by atoms with Gasteiger partial charge < -0.3 is 29.6 Å². The molecule has 0 aromatic heterocycles. The van der Waals surface area contributed by atoms with Crippen LogP contribution in [-0.2, 0) is 4.43 Å². The Hall–Kier alpha value is 1.13. The van der Waals surface area contributed by atoms with Crippen molar-refractivity contribution in [2.75, 3.05) is 38.1 Å². The molecule has 6 nitrogen and oxygen atoms in total. The van der Waals surface area contributed by atoms with Crippen molar-refractivity contribution in [3.63, 3.8) is 0 Å². The Bertz CT molecular complexity index is 1290. The zero-order valence-electron chi connectivity index (χ0n) is 35.4. The van der Waals surface area contributed by atoms with Gasteiger partial charge in [-0.25, -0.2) is 0 Å². The molecular formula is C38H77N2O4P9Si. The first kappa shape index (κ1) is 57.2. The maximum absolute atomic E-state index is 9.40. The summed E-state index contributed by atoms with van der Waals surface area (Å²) < 4.78 is 16.9. The highest BCUT2D eigenvalue weighted by Crippen LogP contribution is 2.71. The average molecular weight is 933 g/mol. The summed E-state index contributed by atoms with van der Waals surface area (Å²) in [6.45, 7) is 25.8. The standard InChI is InChI=1S/C22H39NO2Si.C16H25NO2.H7P5.H6P4/c1-10-11-17(2)21(23-19-12-14-20(24-7)15-13-19)18(3)16-25-26(8,9)22(4,5)6;1-5-6-12(2)16(13(3)11-18)17-14-7-9-15(19-4)10-8-14;1-4-5(2)3;1-4(2)3/h11-15,18,21,23H,10,16H2,1-9H3;6-10,13,16-18H,5,11H2,1-4H3;4H,1-3H2;1-3H2/b17-11+;12-6+;;/t18-,21+;13-,16+;;/m00../s1. The maximum Gasteiger partial charge on any atom is 0.191 e. The molecule has 0 aliphatic heterocycles. The lowest BCUT2D eigenvalue weighted by atomic mass is 9.95. The van der Waals surface area contributed by atoms with Gasteiger partial charge in [0.2, 0.25) is 0 Å². The van der Waals surface area contributed by atoms with Gasteiger partial charge in [-0.15, -0.1) is 53.6 Å². The first-order valence-corrected chi connectivity index (χ1v) is 35.7. The lowest BCUT2D eigenvalue weighted by Gasteiger charge is -2.38. The van der Waals surface area contributed by atoms with Gasteiger partial charge in [-0.05, 0) is 107 Å². The summed E-state index contributed by atoms with van der Waals surface area (Å²) >= 11 is 0. The molecule has 0 saturated heterocycles. The number of methoxy groups -OCH3 is 2. The van der Waals surface area contributed by atoms with E-state index < -0.39 is 8.32 Å². The maximum atomic E-state index is 9.40. The molecule has 0 bridgehead atoms. The fourth-order valence-electron chi connectivity index (χ4n) is 4.80. The molecule has 0 heterocycles. The first-order valence-electron chi connectivity index (χ1n) is 18.3. The highest BCUT2D eigenvalue weighted by Gasteiger charge is 2.38. The van der Waals surface area contributed by atoms with Crippen LogP contribution in [0, 0.1) is 11.8 Å². The number of aliphatic hydroxyl groups is 1. The molecule has 2 aromatic rings. The van der Waals surface area contributed by atoms with Crippen molar-refractivity contribution in [1.29, 1.82) is 0 Å². The second-order valence-corrected chi connectivity index (χ2v) is 45.0. The van der Waals surface area contributed by atoms with Crippen LogP contribution in [0.4, 0.5) is 11.4 Å². The number of benzene rings is 2. The van der Waals surface area contributed by atoms with E-state index in [-0.39, 0.29) is 43.6 Å². The van der Waals surface area contributed by atoms with E-state index in [4.69, 9.17) is 13.9 Å². The minimum atomic E-state index is -1.74. The van der Waals surface area contributed by atoms with Crippen molar-refractivity contribution in [2.45, 2.75) is 105 Å². The summed E-state index contributed by atoms with van der Waals surface area (Å²) in [5, 5.41) is 16.8. The Morgan fingerprint density at radius 2 is 1.11 bits per heavy atom. The molecule has 2 rings (SSSR count). The van der Waals surface area contributed by atoms with Crippen LogP contribution < -0.4 is 20.1 Å². The Morgan fingerprint density at radius 1 is 0.778 bits per heavy atom. The Morgan fingerprint density at radius 3 is 1.37 bits per heavy atom. The van der Waals surface area contributed by atoms with Gasteiger partial charge >= 0.3 is 0 Å². The van der Waals surface area contributed by atoms with Gasteiger partial charge in [-0.3, -0.25) is 0 Å². The lowest BCUT2D eigenvalue weighted by molar-refractivity contribution is 0.229. The smallest absolute Gasteiger partial charge is 0.191 e. The highest BCUT2D eigenvalue weighted by molar-refractivity contribution is 8.77. The second-order valence-electron chi connectivity index (χ2n) is 14.6. The molecule has 0 aliphatic carbocycles. The topological polar surface area (TPSA) is 72.0 Å². The third kappa shape index (κ3) is 26.3. The lowest BCUT2D eigenvalue weighted by Crippen LogP contribution is -2.43. The van der Waals surface area contributed by atoms with Gasteiger partial charge in [-0.2, -0.15) is 0 Å². The predicted octanol–water partition coefficient (Wildman–Crippen LogP) is 14.2. The summed E-state index contributed by atoms with van der Waals surface area (Å²) in [4.78, 5) is 0. The van der Waals surface area contributed by atoms with Crippen molar-refractivity contribution < 1.29 is 19.0 Å². The zero-order chi connectivity index (χ0) is 42.1. The average Bonchev–Trinajstić information content (AvgIpc) is 3.12. The quantitative estimate of drug-likeness (QED) is 0.0834. The summed E-state index contributed by atoms with van der Waals surface area (Å²) in [6, 6.07) is 16.4. The van der Waals surface area contributed by atoms with Crippen LogP contribution in [0.2, 0.25) is 18.1 Å². The van der Waals surface area contributed by atoms with Gasteiger partial charge in [0, 0.05) is 36.4 Å². The van der Waals surface area contributed by atoms with Crippen LogP contribution in [-0.4, -0.2) is 52.9 Å². The Kier molecular flexibility index (Phi) is 33.9. The molecule has 312 valence electrons. The zero-order valence-corrected chi connectivity index (χ0v) is 46.2. The molecule has 54 heavy (non-hydrogen) atoms. The molecule has 3 N–H and O–H groups in total. The van der Waals surface area contributed by atoms with Crippen LogP contribution in [0.1, 0.15) is 75.2 Å². The summed E-state index contributed by atoms with van der Waals surface area (Å²) in [5.74, 6) is 2.28. The number of nitrogens with one attached hydrogen (secondary N) is 2. The van der Waals surface area contributed by atoms with E-state index in [0.29, 0.717) is 5.92 Å². The highest BCUT2D eigenvalue weighted by atomic mass is 32.8. The van der Waals surface area contributed by atoms with E-state index in [0.717, 1.165) is 50.3 Å². The van der Waals surface area contributed by atoms with Gasteiger partial charge in [0.25, 0.3) is 0 Å². The predicted molar refractivity (Wildman–Crippen MR) is 278 cm³/mol. The molecule has 0 spiro atoms. The first-order chi connectivity index (χ1) is 25.1. The minimum Gasteiger partial charge on any atom is -0.497 e. The summed E-state index contributed by atoms with van der Waals surface area (Å²) in [6.07, 6.45) is 6.56. The van der Waals surface area contributed by atoms with E-state index in [1.165, 1.54) is 11.1 Å². The third-order valence-electron chi connectivity index (χ3n) is 8.95. The van der Waals surface area contributed by atoms with E-state index in [1.54, 1.807) is 14.2 Å². The Labute approximate surface area is 351 Å². The van der Waals surface area contributed by atoms with Crippen LogP contribution in [0.25, 0.3) is 0 Å². The molecule has 0 aliphatic rings. The number of anilines is 2. The van der Waals surface area contributed by atoms with Gasteiger partial charge in [-0.1, -0.05) is 79.7 Å². The van der Waals surface area contributed by atoms with E-state index in [9.17, 15) is 5.11 Å². The Balaban J connectivity index is 0. The van der Waals surface area contributed by atoms with Gasteiger partial charge in [0.05, 0.1) is 26.3 Å². The SMILES string of the molecule is CC/C=C(\C)[C@@H](Nc1ccc(OC)cc1)[C@@H](C)CO.CC/C=C(\C)[C@@H](Nc1ccc(OC)cc1)[C@@H](C)CO[Si](C)(C)C(C)(C)C.PP(P)P.PPP(P)P. The van der Waals surface area contributed by atoms with Gasteiger partial charge in [0.15, 0.2) is 8.32 Å². The fourth-order valence-corrected chi connectivity index (χ4v) is 5.91. The van der Waals surface area contributed by atoms with Crippen LogP contribution in [0.5, 0.6) is 11.5 Å². The van der Waals surface area contributed by atoms with Crippen molar-refractivity contribution in [3.05, 3.63) is 71.8 Å². The van der Waals surface area contributed by atoms with Crippen molar-refractivity contribution in [3.8, 4) is 11.5 Å². The molecular weight excluding hydrogens is 855 g/mol. The van der Waals surface area contributed by atoms with E-state index in [1.807, 2.05) is 43.3 Å². The minimum absolute atomic E-state index is 0.130.